The lowest BCUT2D eigenvalue weighted by Gasteiger charge is -2.26. The van der Waals surface area contributed by atoms with Gasteiger partial charge in [-0.15, -0.1) is 0 Å². The van der Waals surface area contributed by atoms with Gasteiger partial charge in [0.05, 0.1) is 12.6 Å². The number of carboxylic acid groups (broad SMARTS) is 1. The average molecular weight is 346 g/mol. The fourth-order valence-corrected chi connectivity index (χ4v) is 3.07. The van der Waals surface area contributed by atoms with E-state index in [1.807, 2.05) is 30.3 Å². The predicted octanol–water partition coefficient (Wildman–Crippen LogP) is 2.50. The van der Waals surface area contributed by atoms with Gasteiger partial charge < -0.3 is 15.3 Å². The second-order valence-corrected chi connectivity index (χ2v) is 6.44. The van der Waals surface area contributed by atoms with E-state index in [2.05, 4.69) is 5.32 Å². The molecule has 6 nitrogen and oxygen atoms in total. The predicted molar refractivity (Wildman–Crippen MR) is 93.9 cm³/mol. The van der Waals surface area contributed by atoms with Crippen molar-refractivity contribution < 1.29 is 19.5 Å². The average Bonchev–Trinajstić information content (AvgIpc) is 2.59. The number of carbonyl (C=O) groups excluding carboxylic acids is 2. The van der Waals surface area contributed by atoms with Crippen molar-refractivity contribution in [2.75, 3.05) is 13.1 Å². The van der Waals surface area contributed by atoms with Crippen molar-refractivity contribution in [1.29, 1.82) is 0 Å². The highest BCUT2D eigenvalue weighted by Crippen LogP contribution is 2.18. The molecular weight excluding hydrogens is 320 g/mol. The van der Waals surface area contributed by atoms with E-state index >= 15 is 0 Å². The van der Waals surface area contributed by atoms with Gasteiger partial charge in [-0.1, -0.05) is 43.2 Å². The number of carbonyl (C=O) groups is 3. The van der Waals surface area contributed by atoms with Crippen molar-refractivity contribution in [3.05, 3.63) is 35.9 Å². The van der Waals surface area contributed by atoms with Gasteiger partial charge in [-0.2, -0.15) is 0 Å². The van der Waals surface area contributed by atoms with Crippen LogP contribution in [-0.2, 0) is 14.4 Å². The molecule has 0 saturated carbocycles. The molecule has 2 N–H and O–H groups in total. The van der Waals surface area contributed by atoms with Crippen molar-refractivity contribution in [2.24, 2.45) is 0 Å². The number of aliphatic carboxylic acids is 1. The third-order valence-corrected chi connectivity index (χ3v) is 4.44. The standard InChI is InChI=1S/C19H26N2O4/c22-17(14-21-13-7-2-1-6-10-18(21)23)20-16(11-12-19(24)25)15-8-4-3-5-9-15/h3-5,8-9,16H,1-2,6-7,10-14H2,(H,20,22)(H,24,25). The molecule has 2 amide bonds. The Morgan fingerprint density at radius 3 is 2.56 bits per heavy atom. The van der Waals surface area contributed by atoms with Crippen LogP contribution in [0.1, 0.15) is 56.6 Å². The first-order valence-electron chi connectivity index (χ1n) is 8.90. The summed E-state index contributed by atoms with van der Waals surface area (Å²) in [7, 11) is 0. The van der Waals surface area contributed by atoms with Crippen LogP contribution < -0.4 is 5.32 Å². The van der Waals surface area contributed by atoms with Gasteiger partial charge in [-0.3, -0.25) is 14.4 Å². The summed E-state index contributed by atoms with van der Waals surface area (Å²) < 4.78 is 0. The Morgan fingerprint density at radius 1 is 1.12 bits per heavy atom. The summed E-state index contributed by atoms with van der Waals surface area (Å²) in [4.78, 5) is 37.1. The Bertz CT molecular complexity index is 588. The van der Waals surface area contributed by atoms with E-state index in [-0.39, 0.29) is 30.8 Å². The molecule has 2 rings (SSSR count). The van der Waals surface area contributed by atoms with Crippen LogP contribution in [0.5, 0.6) is 0 Å². The SMILES string of the molecule is O=C(O)CCC(NC(=O)CN1CCCCCCC1=O)c1ccccc1. The number of benzene rings is 1. The molecule has 0 spiro atoms. The second-order valence-electron chi connectivity index (χ2n) is 6.44. The molecule has 25 heavy (non-hydrogen) atoms. The number of carboxylic acids is 1. The molecule has 1 aliphatic rings. The first kappa shape index (κ1) is 19.0. The van der Waals surface area contributed by atoms with Crippen molar-refractivity contribution in [1.82, 2.24) is 10.2 Å². The van der Waals surface area contributed by atoms with E-state index in [1.54, 1.807) is 4.90 Å². The van der Waals surface area contributed by atoms with Gasteiger partial charge in [0.25, 0.3) is 0 Å². The molecule has 1 unspecified atom stereocenters. The van der Waals surface area contributed by atoms with Crippen molar-refractivity contribution in [2.45, 2.75) is 51.0 Å². The number of hydrogen-bond donors (Lipinski definition) is 2. The Morgan fingerprint density at radius 2 is 1.84 bits per heavy atom. The van der Waals surface area contributed by atoms with E-state index in [0.717, 1.165) is 31.2 Å². The summed E-state index contributed by atoms with van der Waals surface area (Å²) in [5.41, 5.74) is 0.871. The fourth-order valence-electron chi connectivity index (χ4n) is 3.07. The lowest BCUT2D eigenvalue weighted by atomic mass is 10.0. The lowest BCUT2D eigenvalue weighted by molar-refractivity contribution is -0.137. The zero-order valence-electron chi connectivity index (χ0n) is 14.4. The van der Waals surface area contributed by atoms with E-state index in [0.29, 0.717) is 19.4 Å². The Balaban J connectivity index is 1.97. The maximum Gasteiger partial charge on any atom is 0.303 e. The highest BCUT2D eigenvalue weighted by Gasteiger charge is 2.21. The summed E-state index contributed by atoms with van der Waals surface area (Å²) in [5, 5.41) is 11.8. The molecule has 136 valence electrons. The number of nitrogens with one attached hydrogen (secondary N) is 1. The summed E-state index contributed by atoms with van der Waals surface area (Å²) in [6, 6.07) is 8.96. The lowest BCUT2D eigenvalue weighted by Crippen LogP contribution is -2.42. The molecule has 1 aromatic rings. The zero-order chi connectivity index (χ0) is 18.1. The molecule has 6 heteroatoms. The van der Waals surface area contributed by atoms with Crippen LogP contribution in [0.25, 0.3) is 0 Å². The van der Waals surface area contributed by atoms with Crippen molar-refractivity contribution in [3.63, 3.8) is 0 Å². The molecule has 0 bridgehead atoms. The topological polar surface area (TPSA) is 86.7 Å². The van der Waals surface area contributed by atoms with Gasteiger partial charge in [-0.25, -0.2) is 0 Å². The monoisotopic (exact) mass is 346 g/mol. The number of nitrogens with zero attached hydrogens (tertiary/aromatic N) is 1. The van der Waals surface area contributed by atoms with Gasteiger partial charge in [-0.05, 0) is 24.8 Å². The van der Waals surface area contributed by atoms with Crippen LogP contribution >= 0.6 is 0 Å². The van der Waals surface area contributed by atoms with E-state index in [1.165, 1.54) is 0 Å². The molecule has 1 fully saturated rings. The molecule has 1 aromatic carbocycles. The second kappa shape index (κ2) is 9.81. The molecular formula is C19H26N2O4. The van der Waals surface area contributed by atoms with Crippen molar-refractivity contribution in [3.8, 4) is 0 Å². The largest absolute Gasteiger partial charge is 0.481 e. The Kier molecular flexibility index (Phi) is 7.44. The number of amides is 2. The first-order valence-corrected chi connectivity index (χ1v) is 8.90. The van der Waals surface area contributed by atoms with Gasteiger partial charge >= 0.3 is 5.97 Å². The summed E-state index contributed by atoms with van der Waals surface area (Å²) in [6.45, 7) is 0.645. The molecule has 0 radical (unpaired) electrons. The van der Waals surface area contributed by atoms with Gasteiger partial charge in [0, 0.05) is 19.4 Å². The van der Waals surface area contributed by atoms with E-state index < -0.39 is 5.97 Å². The minimum Gasteiger partial charge on any atom is -0.481 e. The number of likely N-dealkylation sites (tertiary alicyclic amines) is 1. The molecule has 1 aliphatic heterocycles. The third-order valence-electron chi connectivity index (χ3n) is 4.44. The van der Waals surface area contributed by atoms with E-state index in [4.69, 9.17) is 5.11 Å². The van der Waals surface area contributed by atoms with Crippen LogP contribution in [0.3, 0.4) is 0 Å². The maximum atomic E-state index is 12.4. The number of rotatable bonds is 7. The Labute approximate surface area is 148 Å². The Hall–Kier alpha value is -2.37. The summed E-state index contributed by atoms with van der Waals surface area (Å²) in [5.74, 6) is -1.11. The molecule has 1 saturated heterocycles. The van der Waals surface area contributed by atoms with Gasteiger partial charge in [0.15, 0.2) is 0 Å². The zero-order valence-corrected chi connectivity index (χ0v) is 14.4. The summed E-state index contributed by atoms with van der Waals surface area (Å²) in [6.07, 6.45) is 4.73. The highest BCUT2D eigenvalue weighted by atomic mass is 16.4. The highest BCUT2D eigenvalue weighted by molar-refractivity contribution is 5.85. The third kappa shape index (κ3) is 6.57. The first-order chi connectivity index (χ1) is 12.1. The van der Waals surface area contributed by atoms with E-state index in [9.17, 15) is 14.4 Å². The van der Waals surface area contributed by atoms with Gasteiger partial charge in [0.2, 0.25) is 11.8 Å². The van der Waals surface area contributed by atoms with Crippen LogP contribution in [-0.4, -0.2) is 40.9 Å². The van der Waals surface area contributed by atoms with Crippen LogP contribution in [0.2, 0.25) is 0 Å². The van der Waals surface area contributed by atoms with Crippen LogP contribution in [0.15, 0.2) is 30.3 Å². The normalized spacial score (nSPS) is 16.6. The molecule has 0 aromatic heterocycles. The fraction of sp³-hybridized carbons (Fsp3) is 0.526. The molecule has 0 aliphatic carbocycles. The quantitative estimate of drug-likeness (QED) is 0.794. The minimum absolute atomic E-state index is 0.0247. The molecule has 1 atom stereocenters. The maximum absolute atomic E-state index is 12.4. The minimum atomic E-state index is -0.894. The summed E-state index contributed by atoms with van der Waals surface area (Å²) >= 11 is 0. The van der Waals surface area contributed by atoms with Crippen LogP contribution in [0, 0.1) is 0 Å². The van der Waals surface area contributed by atoms with Gasteiger partial charge in [0.1, 0.15) is 0 Å². The number of hydrogen-bond acceptors (Lipinski definition) is 3. The molecule has 1 heterocycles. The van der Waals surface area contributed by atoms with Crippen LogP contribution in [0.4, 0.5) is 0 Å². The smallest absolute Gasteiger partial charge is 0.303 e. The van der Waals surface area contributed by atoms with Crippen molar-refractivity contribution >= 4 is 17.8 Å².